The highest BCUT2D eigenvalue weighted by Gasteiger charge is 2.13. The van der Waals surface area contributed by atoms with E-state index in [1.165, 1.54) is 7.11 Å². The van der Waals surface area contributed by atoms with Crippen LogP contribution in [0.4, 0.5) is 0 Å². The topological polar surface area (TPSA) is 95.7 Å². The van der Waals surface area contributed by atoms with Gasteiger partial charge in [-0.3, -0.25) is 4.18 Å². The fraction of sp³-hybridized carbons (Fsp3) is 0.375. The number of oxazole rings is 1. The molecule has 0 saturated carbocycles. The average molecular weight is 353 g/mol. The lowest BCUT2D eigenvalue weighted by atomic mass is 10.1. The molecule has 0 radical (unpaired) electrons. The monoisotopic (exact) mass is 353 g/mol. The molecule has 0 saturated heterocycles. The Hall–Kier alpha value is -2.19. The largest absolute Gasteiger partial charge is 0.465 e. The Kier molecular flexibility index (Phi) is 5.74. The number of hydrogen-bond donors (Lipinski definition) is 0. The second kappa shape index (κ2) is 7.59. The van der Waals surface area contributed by atoms with E-state index >= 15 is 0 Å². The van der Waals surface area contributed by atoms with E-state index in [1.807, 2.05) is 0 Å². The van der Waals surface area contributed by atoms with Crippen LogP contribution in [0.3, 0.4) is 0 Å². The van der Waals surface area contributed by atoms with Gasteiger partial charge in [0.2, 0.25) is 5.89 Å². The van der Waals surface area contributed by atoms with Gasteiger partial charge in [-0.25, -0.2) is 9.78 Å². The molecule has 1 aromatic heterocycles. The van der Waals surface area contributed by atoms with Gasteiger partial charge in [-0.15, -0.1) is 0 Å². The number of aromatic nitrogens is 1. The fourth-order valence-electron chi connectivity index (χ4n) is 2.10. The van der Waals surface area contributed by atoms with Gasteiger partial charge in [0.15, 0.2) is 0 Å². The van der Waals surface area contributed by atoms with Gasteiger partial charge in [0.1, 0.15) is 5.76 Å². The summed E-state index contributed by atoms with van der Waals surface area (Å²) in [6.07, 6.45) is 2.08. The summed E-state index contributed by atoms with van der Waals surface area (Å²) in [7, 11) is -2.09. The molecular weight excluding hydrogens is 334 g/mol. The minimum Gasteiger partial charge on any atom is -0.465 e. The smallest absolute Gasteiger partial charge is 0.337 e. The first-order valence-electron chi connectivity index (χ1n) is 7.29. The molecule has 130 valence electrons. The molecule has 2 aromatic rings. The first-order chi connectivity index (χ1) is 11.3. The van der Waals surface area contributed by atoms with Crippen LogP contribution in [0, 0.1) is 6.92 Å². The van der Waals surface area contributed by atoms with Crippen molar-refractivity contribution in [3.63, 3.8) is 0 Å². The van der Waals surface area contributed by atoms with E-state index in [2.05, 4.69) is 9.72 Å². The number of hydrogen-bond acceptors (Lipinski definition) is 7. The normalized spacial score (nSPS) is 11.5. The van der Waals surface area contributed by atoms with Crippen LogP contribution in [0.2, 0.25) is 0 Å². The zero-order valence-electron chi connectivity index (χ0n) is 13.7. The van der Waals surface area contributed by atoms with Crippen molar-refractivity contribution in [1.82, 2.24) is 4.98 Å². The van der Waals surface area contributed by atoms with E-state index < -0.39 is 16.1 Å². The first-order valence-corrected chi connectivity index (χ1v) is 9.11. The summed E-state index contributed by atoms with van der Waals surface area (Å²) in [6.45, 7) is 1.90. The van der Waals surface area contributed by atoms with Crippen LogP contribution < -0.4 is 0 Å². The second-order valence-corrected chi connectivity index (χ2v) is 6.86. The van der Waals surface area contributed by atoms with Gasteiger partial charge in [-0.2, -0.15) is 8.42 Å². The number of benzene rings is 1. The Labute approximate surface area is 140 Å². The van der Waals surface area contributed by atoms with Gasteiger partial charge >= 0.3 is 5.97 Å². The lowest BCUT2D eigenvalue weighted by Crippen LogP contribution is -2.05. The van der Waals surface area contributed by atoms with Crippen molar-refractivity contribution in [2.45, 2.75) is 19.8 Å². The summed E-state index contributed by atoms with van der Waals surface area (Å²) in [6, 6.07) is 6.74. The molecule has 0 bridgehead atoms. The maximum atomic E-state index is 11.4. The number of nitrogens with zero attached hydrogens (tertiary/aromatic N) is 1. The fourth-order valence-corrected chi connectivity index (χ4v) is 2.52. The molecule has 24 heavy (non-hydrogen) atoms. The number of carbonyl (C=O) groups is 1. The molecule has 0 unspecified atom stereocenters. The lowest BCUT2D eigenvalue weighted by molar-refractivity contribution is 0.0600. The molecule has 0 fully saturated rings. The highest BCUT2D eigenvalue weighted by Crippen LogP contribution is 2.23. The summed E-state index contributed by atoms with van der Waals surface area (Å²) < 4.78 is 36.8. The molecule has 0 aliphatic rings. The standard InChI is InChI=1S/C16H19NO6S/c1-11-14(5-4-10-22-24(3,19)20)17-15(23-11)12-6-8-13(9-7-12)16(18)21-2/h6-9H,4-5,10H2,1-3H3. The molecule has 1 heterocycles. The van der Waals surface area contributed by atoms with Crippen LogP contribution in [0.1, 0.15) is 28.2 Å². The van der Waals surface area contributed by atoms with Crippen molar-refractivity contribution in [3.05, 3.63) is 41.3 Å². The van der Waals surface area contributed by atoms with Crippen molar-refractivity contribution >= 4 is 16.1 Å². The van der Waals surface area contributed by atoms with Gasteiger partial charge < -0.3 is 9.15 Å². The SMILES string of the molecule is COC(=O)c1ccc(-c2nc(CCCOS(C)(=O)=O)c(C)o2)cc1. The van der Waals surface area contributed by atoms with Crippen molar-refractivity contribution in [2.75, 3.05) is 20.0 Å². The molecule has 2 rings (SSSR count). The van der Waals surface area contributed by atoms with Gasteiger partial charge in [-0.05, 0) is 44.0 Å². The van der Waals surface area contributed by atoms with Crippen LogP contribution in [0.5, 0.6) is 0 Å². The zero-order chi connectivity index (χ0) is 17.7. The molecule has 1 aromatic carbocycles. The third-order valence-electron chi connectivity index (χ3n) is 3.30. The summed E-state index contributed by atoms with van der Waals surface area (Å²) in [5.41, 5.74) is 1.94. The quantitative estimate of drug-likeness (QED) is 0.428. The molecule has 0 N–H and O–H groups in total. The molecule has 0 amide bonds. The van der Waals surface area contributed by atoms with Gasteiger partial charge in [0.05, 0.1) is 31.2 Å². The van der Waals surface area contributed by atoms with E-state index in [0.717, 1.165) is 17.5 Å². The molecular formula is C16H19NO6S. The second-order valence-electron chi connectivity index (χ2n) is 5.22. The van der Waals surface area contributed by atoms with Crippen LogP contribution in [0.25, 0.3) is 11.5 Å². The Balaban J connectivity index is 2.04. The number of carbonyl (C=O) groups excluding carboxylic acids is 1. The number of aryl methyl sites for hydroxylation is 2. The molecule has 0 spiro atoms. The summed E-state index contributed by atoms with van der Waals surface area (Å²) >= 11 is 0. The van der Waals surface area contributed by atoms with Gasteiger partial charge in [0, 0.05) is 5.56 Å². The third kappa shape index (κ3) is 4.90. The molecule has 8 heteroatoms. The number of ether oxygens (including phenoxy) is 1. The minimum absolute atomic E-state index is 0.105. The van der Waals surface area contributed by atoms with Crippen molar-refractivity contribution in [2.24, 2.45) is 0 Å². The maximum Gasteiger partial charge on any atom is 0.337 e. The van der Waals surface area contributed by atoms with Crippen molar-refractivity contribution in [3.8, 4) is 11.5 Å². The van der Waals surface area contributed by atoms with Crippen LogP contribution in [0.15, 0.2) is 28.7 Å². The lowest BCUT2D eigenvalue weighted by Gasteiger charge is -2.00. The molecule has 0 aliphatic heterocycles. The predicted octanol–water partition coefficient (Wildman–Crippen LogP) is 2.35. The number of methoxy groups -OCH3 is 1. The number of esters is 1. The Bertz CT molecular complexity index is 808. The highest BCUT2D eigenvalue weighted by molar-refractivity contribution is 7.85. The Morgan fingerprint density at radius 2 is 1.92 bits per heavy atom. The molecule has 7 nitrogen and oxygen atoms in total. The number of rotatable bonds is 7. The maximum absolute atomic E-state index is 11.4. The van der Waals surface area contributed by atoms with Crippen LogP contribution >= 0.6 is 0 Å². The Morgan fingerprint density at radius 1 is 1.25 bits per heavy atom. The van der Waals surface area contributed by atoms with Gasteiger partial charge in [-0.1, -0.05) is 0 Å². The average Bonchev–Trinajstić information content (AvgIpc) is 2.91. The third-order valence-corrected chi connectivity index (χ3v) is 3.90. The summed E-state index contributed by atoms with van der Waals surface area (Å²) in [5, 5.41) is 0. The first kappa shape index (κ1) is 18.2. The summed E-state index contributed by atoms with van der Waals surface area (Å²) in [4.78, 5) is 15.8. The van der Waals surface area contributed by atoms with E-state index in [-0.39, 0.29) is 6.61 Å². The van der Waals surface area contributed by atoms with E-state index in [9.17, 15) is 13.2 Å². The van der Waals surface area contributed by atoms with Gasteiger partial charge in [0.25, 0.3) is 10.1 Å². The molecule has 0 aliphatic carbocycles. The Morgan fingerprint density at radius 3 is 2.50 bits per heavy atom. The minimum atomic E-state index is -3.42. The van der Waals surface area contributed by atoms with Crippen molar-refractivity contribution in [1.29, 1.82) is 0 Å². The zero-order valence-corrected chi connectivity index (χ0v) is 14.6. The highest BCUT2D eigenvalue weighted by atomic mass is 32.2. The van der Waals surface area contributed by atoms with E-state index in [4.69, 9.17) is 8.60 Å². The summed E-state index contributed by atoms with van der Waals surface area (Å²) in [5.74, 6) is 0.709. The van der Waals surface area contributed by atoms with E-state index in [1.54, 1.807) is 31.2 Å². The van der Waals surface area contributed by atoms with Crippen molar-refractivity contribution < 1.29 is 26.5 Å². The van der Waals surface area contributed by atoms with E-state index in [0.29, 0.717) is 30.1 Å². The predicted molar refractivity (Wildman–Crippen MR) is 87.1 cm³/mol. The molecule has 0 atom stereocenters. The van der Waals surface area contributed by atoms with Crippen LogP contribution in [-0.2, 0) is 25.5 Å². The van der Waals surface area contributed by atoms with Crippen LogP contribution in [-0.4, -0.2) is 39.3 Å².